The predicted octanol–water partition coefficient (Wildman–Crippen LogP) is 14.1. The zero-order chi connectivity index (χ0) is 35.8. The topological polar surface area (TPSA) is 18.5 Å². The number of rotatable bonds is 10. The standard InChI is InChI=1S/C47H34O2S4/c1-48-47(49-2)45(41-29-25-37(52-41)33-19-11-5-12-20-33)43(39-27-23-35(50-39)31-15-7-3-8-16-31)44(40-28-24-36(51-40)32-17-9-4-10-18-32)46(47)42-30-26-38(53-42)34-21-13-6-14-22-34/h3-30H,1-2H3. The van der Waals surface area contributed by atoms with Gasteiger partial charge in [0, 0.05) is 75.5 Å². The van der Waals surface area contributed by atoms with E-state index in [-0.39, 0.29) is 0 Å². The summed E-state index contributed by atoms with van der Waals surface area (Å²) in [6.07, 6.45) is 0. The average Bonchev–Trinajstić information content (AvgIpc) is 4.08. The van der Waals surface area contributed by atoms with Crippen molar-refractivity contribution in [2.24, 2.45) is 0 Å². The molecule has 0 aliphatic heterocycles. The number of benzene rings is 4. The zero-order valence-corrected chi connectivity index (χ0v) is 32.4. The van der Waals surface area contributed by atoms with Crippen molar-refractivity contribution in [3.05, 3.63) is 189 Å². The van der Waals surface area contributed by atoms with Crippen molar-refractivity contribution < 1.29 is 9.47 Å². The van der Waals surface area contributed by atoms with Gasteiger partial charge in [0.15, 0.2) is 0 Å². The van der Waals surface area contributed by atoms with Gasteiger partial charge in [-0.25, -0.2) is 0 Å². The highest BCUT2D eigenvalue weighted by molar-refractivity contribution is 7.19. The van der Waals surface area contributed by atoms with E-state index in [2.05, 4.69) is 170 Å². The van der Waals surface area contributed by atoms with E-state index in [0.717, 1.165) is 32.0 Å². The van der Waals surface area contributed by atoms with Gasteiger partial charge in [-0.2, -0.15) is 0 Å². The van der Waals surface area contributed by atoms with E-state index >= 15 is 0 Å². The minimum atomic E-state index is -1.18. The van der Waals surface area contributed by atoms with Crippen LogP contribution in [0.5, 0.6) is 0 Å². The van der Waals surface area contributed by atoms with Gasteiger partial charge in [0.05, 0.1) is 0 Å². The van der Waals surface area contributed by atoms with Gasteiger partial charge in [-0.3, -0.25) is 0 Å². The predicted molar refractivity (Wildman–Crippen MR) is 229 cm³/mol. The van der Waals surface area contributed by atoms with E-state index in [4.69, 9.17) is 9.47 Å². The number of hydrogen-bond donors (Lipinski definition) is 0. The maximum Gasteiger partial charge on any atom is 0.225 e. The van der Waals surface area contributed by atoms with Crippen molar-refractivity contribution in [2.45, 2.75) is 5.79 Å². The van der Waals surface area contributed by atoms with Crippen molar-refractivity contribution in [2.75, 3.05) is 14.2 Å². The summed E-state index contributed by atoms with van der Waals surface area (Å²) < 4.78 is 13.6. The molecule has 53 heavy (non-hydrogen) atoms. The largest absolute Gasteiger partial charge is 0.345 e. The van der Waals surface area contributed by atoms with Gasteiger partial charge in [-0.05, 0) is 70.8 Å². The highest BCUT2D eigenvalue weighted by Gasteiger charge is 2.51. The minimum Gasteiger partial charge on any atom is -0.345 e. The molecule has 4 aromatic carbocycles. The first-order valence-electron chi connectivity index (χ1n) is 17.4. The fourth-order valence-electron chi connectivity index (χ4n) is 7.18. The third-order valence-corrected chi connectivity index (χ3v) is 14.2. The summed E-state index contributed by atoms with van der Waals surface area (Å²) in [7, 11) is 3.57. The monoisotopic (exact) mass is 758 g/mol. The maximum absolute atomic E-state index is 6.78. The fraction of sp³-hybridized carbons (Fsp3) is 0.0638. The molecule has 2 nitrogen and oxygen atoms in total. The molecule has 1 aliphatic rings. The highest BCUT2D eigenvalue weighted by Crippen LogP contribution is 2.62. The Balaban J connectivity index is 1.34. The molecule has 258 valence electrons. The number of hydrogen-bond acceptors (Lipinski definition) is 6. The van der Waals surface area contributed by atoms with Crippen LogP contribution in [0.15, 0.2) is 170 Å². The minimum absolute atomic E-state index is 1.03. The molecule has 0 bridgehead atoms. The Morgan fingerprint density at radius 2 is 0.547 bits per heavy atom. The fourth-order valence-corrected chi connectivity index (χ4v) is 11.5. The first-order valence-corrected chi connectivity index (χ1v) is 20.7. The highest BCUT2D eigenvalue weighted by atomic mass is 32.1. The second kappa shape index (κ2) is 14.5. The van der Waals surface area contributed by atoms with Crippen LogP contribution in [-0.2, 0) is 9.47 Å². The van der Waals surface area contributed by atoms with E-state index in [9.17, 15) is 0 Å². The van der Waals surface area contributed by atoms with Gasteiger partial charge in [0.2, 0.25) is 5.79 Å². The van der Waals surface area contributed by atoms with Crippen LogP contribution < -0.4 is 0 Å². The lowest BCUT2D eigenvalue weighted by molar-refractivity contribution is -0.114. The molecule has 6 heteroatoms. The summed E-state index contributed by atoms with van der Waals surface area (Å²) in [4.78, 5) is 9.41. The van der Waals surface area contributed by atoms with E-state index in [0.29, 0.717) is 0 Å². The number of ether oxygens (including phenoxy) is 2. The first-order chi connectivity index (χ1) is 26.2. The molecule has 0 saturated heterocycles. The molecule has 0 spiro atoms. The smallest absolute Gasteiger partial charge is 0.225 e. The summed E-state index contributed by atoms with van der Waals surface area (Å²) in [6.45, 7) is 0. The third-order valence-electron chi connectivity index (χ3n) is 9.63. The molecule has 0 atom stereocenters. The van der Waals surface area contributed by atoms with Crippen LogP contribution >= 0.6 is 45.3 Å². The van der Waals surface area contributed by atoms with Crippen LogP contribution in [0.4, 0.5) is 0 Å². The Morgan fingerprint density at radius 3 is 0.830 bits per heavy atom. The quantitative estimate of drug-likeness (QED) is 0.129. The normalized spacial score (nSPS) is 14.0. The van der Waals surface area contributed by atoms with E-state index in [1.165, 1.54) is 51.5 Å². The van der Waals surface area contributed by atoms with Gasteiger partial charge in [-0.1, -0.05) is 121 Å². The lowest BCUT2D eigenvalue weighted by atomic mass is 9.98. The van der Waals surface area contributed by atoms with Gasteiger partial charge >= 0.3 is 0 Å². The van der Waals surface area contributed by atoms with Crippen molar-refractivity contribution in [1.82, 2.24) is 0 Å². The lowest BCUT2D eigenvalue weighted by Crippen LogP contribution is -2.34. The van der Waals surface area contributed by atoms with Gasteiger partial charge in [0.25, 0.3) is 0 Å². The first kappa shape index (κ1) is 33.9. The summed E-state index contributed by atoms with van der Waals surface area (Å²) in [6, 6.07) is 60.5. The molecule has 0 fully saturated rings. The van der Waals surface area contributed by atoms with Crippen LogP contribution in [0.3, 0.4) is 0 Å². The summed E-state index contributed by atoms with van der Waals surface area (Å²) in [5.74, 6) is -1.18. The van der Waals surface area contributed by atoms with E-state index in [1.54, 1.807) is 36.9 Å². The van der Waals surface area contributed by atoms with Crippen molar-refractivity contribution in [1.29, 1.82) is 0 Å². The SMILES string of the molecule is COC1(OC)C(c2ccc(-c3ccccc3)s2)=C(c2ccc(-c3ccccc3)s2)C(c2ccc(-c3ccccc3)s2)=C1c1ccc(-c2ccccc2)s1. The maximum atomic E-state index is 6.78. The number of thiophene rings is 4. The van der Waals surface area contributed by atoms with E-state index in [1.807, 2.05) is 22.7 Å². The zero-order valence-electron chi connectivity index (χ0n) is 29.1. The molecule has 9 rings (SSSR count). The summed E-state index contributed by atoms with van der Waals surface area (Å²) in [5.41, 5.74) is 9.15. The van der Waals surface area contributed by atoms with E-state index < -0.39 is 5.79 Å². The second-order valence-corrected chi connectivity index (χ2v) is 17.0. The molecule has 0 N–H and O–H groups in total. The van der Waals surface area contributed by atoms with Crippen molar-refractivity contribution in [3.63, 3.8) is 0 Å². The van der Waals surface area contributed by atoms with Crippen LogP contribution in [0, 0.1) is 0 Å². The Hall–Kier alpha value is -4.92. The molecule has 0 amide bonds. The van der Waals surface area contributed by atoms with Gasteiger partial charge in [-0.15, -0.1) is 45.3 Å². The van der Waals surface area contributed by atoms with Crippen LogP contribution in [-0.4, -0.2) is 20.0 Å². The van der Waals surface area contributed by atoms with Crippen molar-refractivity contribution >= 4 is 67.6 Å². The third kappa shape index (κ3) is 6.12. The molecule has 0 radical (unpaired) electrons. The summed E-state index contributed by atoms with van der Waals surface area (Å²) in [5, 5.41) is 0. The molecule has 1 aliphatic carbocycles. The molecule has 4 heterocycles. The Morgan fingerprint density at radius 1 is 0.302 bits per heavy atom. The van der Waals surface area contributed by atoms with Crippen LogP contribution in [0.1, 0.15) is 19.5 Å². The molecular weight excluding hydrogens is 725 g/mol. The van der Waals surface area contributed by atoms with Gasteiger partial charge < -0.3 is 9.47 Å². The molecule has 0 unspecified atom stereocenters. The number of methoxy groups -OCH3 is 2. The molecular formula is C47H34O2S4. The Labute approximate surface area is 326 Å². The molecule has 0 saturated carbocycles. The Bertz CT molecular complexity index is 2390. The molecule has 4 aromatic heterocycles. The van der Waals surface area contributed by atoms with Gasteiger partial charge in [0.1, 0.15) is 0 Å². The van der Waals surface area contributed by atoms with Crippen LogP contribution in [0.25, 0.3) is 64.1 Å². The summed E-state index contributed by atoms with van der Waals surface area (Å²) >= 11 is 7.20. The second-order valence-electron chi connectivity index (χ2n) is 12.6. The molecule has 8 aromatic rings. The number of allylic oxidation sites excluding steroid dienone is 2. The average molecular weight is 759 g/mol. The van der Waals surface area contributed by atoms with Crippen molar-refractivity contribution in [3.8, 4) is 41.8 Å². The van der Waals surface area contributed by atoms with Crippen LogP contribution in [0.2, 0.25) is 0 Å². The lowest BCUT2D eigenvalue weighted by Gasteiger charge is -2.32. The Kier molecular flexibility index (Phi) is 9.26.